The minimum atomic E-state index is -0.384. The van der Waals surface area contributed by atoms with Crippen LogP contribution in [0.4, 0.5) is 5.69 Å². The van der Waals surface area contributed by atoms with Crippen molar-refractivity contribution >= 4 is 18.1 Å². The summed E-state index contributed by atoms with van der Waals surface area (Å²) < 4.78 is 0. The molecule has 1 aromatic rings. The maximum absolute atomic E-state index is 10.6. The molecule has 1 aliphatic heterocycles. The van der Waals surface area contributed by atoms with Crippen LogP contribution in [0.2, 0.25) is 0 Å². The summed E-state index contributed by atoms with van der Waals surface area (Å²) in [6, 6.07) is 4.89. The third-order valence-electron chi connectivity index (χ3n) is 3.56. The van der Waals surface area contributed by atoms with Gasteiger partial charge in [-0.05, 0) is 18.1 Å². The van der Waals surface area contributed by atoms with Gasteiger partial charge in [0.2, 0.25) is 0 Å². The van der Waals surface area contributed by atoms with Crippen LogP contribution >= 0.6 is 12.4 Å². The van der Waals surface area contributed by atoms with Crippen LogP contribution in [0.1, 0.15) is 11.1 Å². The third-order valence-corrected chi connectivity index (χ3v) is 3.56. The normalized spacial score (nSPS) is 21.5. The van der Waals surface area contributed by atoms with Crippen LogP contribution < -0.4 is 10.6 Å². The Morgan fingerprint density at radius 1 is 1.50 bits per heavy atom. The molecule has 0 aliphatic carbocycles. The molecule has 7 heteroatoms. The van der Waals surface area contributed by atoms with Crippen LogP contribution in [-0.2, 0) is 6.54 Å². The number of β-amino-alcohol motifs (C(OH)–C–C–N with tert-alkyl or cyclic N) is 1. The Labute approximate surface area is 124 Å². The Hall–Kier alpha value is -1.21. The molecule has 112 valence electrons. The van der Waals surface area contributed by atoms with Crippen LogP contribution in [0.5, 0.6) is 0 Å². The molecule has 1 aliphatic rings. The van der Waals surface area contributed by atoms with Gasteiger partial charge >= 0.3 is 0 Å². The molecule has 2 atom stereocenters. The van der Waals surface area contributed by atoms with Gasteiger partial charge in [-0.1, -0.05) is 6.07 Å². The molecule has 20 heavy (non-hydrogen) atoms. The van der Waals surface area contributed by atoms with Gasteiger partial charge in [0.05, 0.1) is 11.0 Å². The zero-order chi connectivity index (χ0) is 13.8. The van der Waals surface area contributed by atoms with E-state index in [0.29, 0.717) is 13.1 Å². The highest BCUT2D eigenvalue weighted by atomic mass is 35.5. The summed E-state index contributed by atoms with van der Waals surface area (Å²) in [4.78, 5) is 10.3. The van der Waals surface area contributed by atoms with E-state index in [1.807, 2.05) is 6.92 Å². The predicted octanol–water partition coefficient (Wildman–Crippen LogP) is 0.995. The van der Waals surface area contributed by atoms with Gasteiger partial charge in [0, 0.05) is 44.2 Å². The molecule has 0 spiro atoms. The Kier molecular flexibility index (Phi) is 6.35. The van der Waals surface area contributed by atoms with Crippen molar-refractivity contribution in [3.63, 3.8) is 0 Å². The van der Waals surface area contributed by atoms with Crippen molar-refractivity contribution in [2.45, 2.75) is 19.6 Å². The lowest BCUT2D eigenvalue weighted by Gasteiger charge is -2.14. The molecule has 1 saturated heterocycles. The Bertz CT molecular complexity index is 470. The average Bonchev–Trinajstić information content (AvgIpc) is 2.77. The Balaban J connectivity index is 0.00000200. The second-order valence-electron chi connectivity index (χ2n) is 4.98. The lowest BCUT2D eigenvalue weighted by molar-refractivity contribution is -0.384. The van der Waals surface area contributed by atoms with E-state index >= 15 is 0 Å². The average molecular weight is 302 g/mol. The Morgan fingerprint density at radius 2 is 2.25 bits per heavy atom. The predicted molar refractivity (Wildman–Crippen MR) is 79.2 cm³/mol. The van der Waals surface area contributed by atoms with Gasteiger partial charge in [-0.25, -0.2) is 0 Å². The number of rotatable bonds is 5. The van der Waals surface area contributed by atoms with Gasteiger partial charge < -0.3 is 15.7 Å². The molecule has 0 aromatic heterocycles. The van der Waals surface area contributed by atoms with Crippen LogP contribution in [0.25, 0.3) is 0 Å². The van der Waals surface area contributed by atoms with Gasteiger partial charge in [-0.15, -0.1) is 12.4 Å². The van der Waals surface area contributed by atoms with Crippen molar-refractivity contribution in [1.29, 1.82) is 0 Å². The topological polar surface area (TPSA) is 87.4 Å². The molecular formula is C13H20ClN3O3. The van der Waals surface area contributed by atoms with Crippen molar-refractivity contribution < 1.29 is 10.0 Å². The smallest absolute Gasteiger partial charge is 0.269 e. The van der Waals surface area contributed by atoms with Crippen molar-refractivity contribution in [3.8, 4) is 0 Å². The fraction of sp³-hybridized carbons (Fsp3) is 0.538. The van der Waals surface area contributed by atoms with Crippen molar-refractivity contribution in [1.82, 2.24) is 10.6 Å². The molecule has 2 unspecified atom stereocenters. The maximum atomic E-state index is 10.6. The van der Waals surface area contributed by atoms with E-state index in [2.05, 4.69) is 10.6 Å². The molecule has 1 aromatic carbocycles. The lowest BCUT2D eigenvalue weighted by atomic mass is 10.1. The molecule has 6 nitrogen and oxygen atoms in total. The zero-order valence-electron chi connectivity index (χ0n) is 11.3. The van der Waals surface area contributed by atoms with Gasteiger partial charge in [-0.3, -0.25) is 10.1 Å². The lowest BCUT2D eigenvalue weighted by Crippen LogP contribution is -2.30. The SMILES string of the molecule is Cc1cc([N+](=O)[O-])ccc1CNCC1CNCC1O.Cl. The molecule has 0 bridgehead atoms. The summed E-state index contributed by atoms with van der Waals surface area (Å²) in [5, 5.41) is 26.7. The van der Waals surface area contributed by atoms with E-state index in [1.165, 1.54) is 6.07 Å². The number of non-ortho nitro benzene ring substituents is 1. The van der Waals surface area contributed by atoms with E-state index in [-0.39, 0.29) is 35.0 Å². The highest BCUT2D eigenvalue weighted by molar-refractivity contribution is 5.85. The highest BCUT2D eigenvalue weighted by Gasteiger charge is 2.24. The number of hydrogen-bond acceptors (Lipinski definition) is 5. The summed E-state index contributed by atoms with van der Waals surface area (Å²) in [5.74, 6) is 0.235. The zero-order valence-corrected chi connectivity index (χ0v) is 12.2. The second kappa shape index (κ2) is 7.54. The van der Waals surface area contributed by atoms with Gasteiger partial charge in [0.1, 0.15) is 0 Å². The molecule has 0 saturated carbocycles. The number of benzene rings is 1. The first-order chi connectivity index (χ1) is 9.08. The van der Waals surface area contributed by atoms with Gasteiger partial charge in [0.25, 0.3) is 5.69 Å². The molecule has 3 N–H and O–H groups in total. The third kappa shape index (κ3) is 4.14. The van der Waals surface area contributed by atoms with Crippen LogP contribution in [0.3, 0.4) is 0 Å². The number of aliphatic hydroxyl groups excluding tert-OH is 1. The summed E-state index contributed by atoms with van der Waals surface area (Å²) in [5.41, 5.74) is 2.08. The molecular weight excluding hydrogens is 282 g/mol. The largest absolute Gasteiger partial charge is 0.391 e. The standard InChI is InChI=1S/C13H19N3O3.ClH/c1-9-4-12(16(18)19)3-2-10(9)5-14-6-11-7-15-8-13(11)17;/h2-4,11,13-15,17H,5-8H2,1H3;1H. The van der Waals surface area contributed by atoms with Gasteiger partial charge in [-0.2, -0.15) is 0 Å². The second-order valence-corrected chi connectivity index (χ2v) is 4.98. The first kappa shape index (κ1) is 16.8. The molecule has 1 heterocycles. The van der Waals surface area contributed by atoms with Crippen molar-refractivity contribution in [2.24, 2.45) is 5.92 Å². The number of aliphatic hydroxyl groups is 1. The van der Waals surface area contributed by atoms with Crippen molar-refractivity contribution in [3.05, 3.63) is 39.4 Å². The van der Waals surface area contributed by atoms with E-state index in [9.17, 15) is 15.2 Å². The minimum Gasteiger partial charge on any atom is -0.391 e. The summed E-state index contributed by atoms with van der Waals surface area (Å²) in [6.45, 7) is 4.75. The summed E-state index contributed by atoms with van der Waals surface area (Å²) in [7, 11) is 0. The Morgan fingerprint density at radius 3 is 2.80 bits per heavy atom. The number of halogens is 1. The fourth-order valence-corrected chi connectivity index (χ4v) is 2.31. The van der Waals surface area contributed by atoms with E-state index < -0.39 is 0 Å². The van der Waals surface area contributed by atoms with E-state index in [0.717, 1.165) is 24.2 Å². The molecule has 0 amide bonds. The van der Waals surface area contributed by atoms with Crippen LogP contribution in [0, 0.1) is 23.0 Å². The maximum Gasteiger partial charge on any atom is 0.269 e. The number of nitrogens with zero attached hydrogens (tertiary/aromatic N) is 1. The molecule has 2 rings (SSSR count). The highest BCUT2D eigenvalue weighted by Crippen LogP contribution is 2.17. The quantitative estimate of drug-likeness (QED) is 0.558. The number of nitro benzene ring substituents is 1. The van der Waals surface area contributed by atoms with Gasteiger partial charge in [0.15, 0.2) is 0 Å². The number of hydrogen-bond donors (Lipinski definition) is 3. The van der Waals surface area contributed by atoms with E-state index in [4.69, 9.17) is 0 Å². The summed E-state index contributed by atoms with van der Waals surface area (Å²) >= 11 is 0. The summed E-state index contributed by atoms with van der Waals surface area (Å²) in [6.07, 6.45) is -0.287. The fourth-order valence-electron chi connectivity index (χ4n) is 2.31. The number of aryl methyl sites for hydroxylation is 1. The van der Waals surface area contributed by atoms with Crippen LogP contribution in [-0.4, -0.2) is 35.8 Å². The molecule has 0 radical (unpaired) electrons. The number of nitrogens with one attached hydrogen (secondary N) is 2. The first-order valence-electron chi connectivity index (χ1n) is 6.41. The number of nitro groups is 1. The minimum absolute atomic E-state index is 0. The molecule has 1 fully saturated rings. The van der Waals surface area contributed by atoms with Crippen molar-refractivity contribution in [2.75, 3.05) is 19.6 Å². The van der Waals surface area contributed by atoms with E-state index in [1.54, 1.807) is 12.1 Å². The monoisotopic (exact) mass is 301 g/mol. The first-order valence-corrected chi connectivity index (χ1v) is 6.41. The van der Waals surface area contributed by atoms with Crippen LogP contribution in [0.15, 0.2) is 18.2 Å².